The van der Waals surface area contributed by atoms with Crippen molar-refractivity contribution in [3.8, 4) is 0 Å². The average Bonchev–Trinajstić information content (AvgIpc) is 3.37. The molecule has 202 valence electrons. The predicted octanol–water partition coefficient (Wildman–Crippen LogP) is 4.58. The van der Waals surface area contributed by atoms with Crippen molar-refractivity contribution < 1.29 is 14.3 Å². The zero-order chi connectivity index (χ0) is 26.8. The van der Waals surface area contributed by atoms with Gasteiger partial charge in [0, 0.05) is 66.4 Å². The number of carbonyl (C=O) groups is 2. The van der Waals surface area contributed by atoms with Gasteiger partial charge in [-0.2, -0.15) is 0 Å². The van der Waals surface area contributed by atoms with Crippen LogP contribution in [-0.2, 0) is 14.3 Å². The van der Waals surface area contributed by atoms with E-state index in [1.165, 1.54) is 0 Å². The number of ether oxygens (including phenoxy) is 1. The molecule has 0 aromatic heterocycles. The van der Waals surface area contributed by atoms with Crippen LogP contribution in [-0.4, -0.2) is 73.0 Å². The second-order valence-electron chi connectivity index (χ2n) is 10.4. The predicted molar refractivity (Wildman–Crippen MR) is 154 cm³/mol. The summed E-state index contributed by atoms with van der Waals surface area (Å²) in [6, 6.07) is 15.2. The quantitative estimate of drug-likeness (QED) is 0.537. The van der Waals surface area contributed by atoms with Crippen LogP contribution in [0, 0.1) is 0 Å². The van der Waals surface area contributed by atoms with Crippen LogP contribution in [0.1, 0.15) is 24.3 Å². The summed E-state index contributed by atoms with van der Waals surface area (Å²) >= 11 is 6.50. The van der Waals surface area contributed by atoms with Crippen molar-refractivity contribution in [3.63, 3.8) is 0 Å². The van der Waals surface area contributed by atoms with E-state index in [0.717, 1.165) is 69.2 Å². The molecule has 8 heteroatoms. The number of hydrogen-bond acceptors (Lipinski definition) is 6. The molecule has 0 bridgehead atoms. The molecule has 2 atom stereocenters. The van der Waals surface area contributed by atoms with Gasteiger partial charge in [0.05, 0.1) is 13.2 Å². The van der Waals surface area contributed by atoms with Crippen LogP contribution in [0.5, 0.6) is 0 Å². The number of nitrogens with one attached hydrogen (secondary N) is 1. The minimum absolute atomic E-state index is 0.331. The minimum atomic E-state index is -0.701. The fraction of sp³-hybridized carbons (Fsp3) is 0.355. The normalized spacial score (nSPS) is 23.5. The lowest BCUT2D eigenvalue weighted by Crippen LogP contribution is -2.49. The number of hydrogen-bond donors (Lipinski definition) is 1. The first-order valence-corrected chi connectivity index (χ1v) is 14.1. The molecule has 4 aliphatic rings. The molecule has 0 saturated carbocycles. The fourth-order valence-electron chi connectivity index (χ4n) is 6.12. The van der Waals surface area contributed by atoms with Gasteiger partial charge in [-0.25, -0.2) is 0 Å². The van der Waals surface area contributed by atoms with Gasteiger partial charge in [0.1, 0.15) is 6.04 Å². The van der Waals surface area contributed by atoms with Gasteiger partial charge >= 0.3 is 0 Å². The standard InChI is InChI=1S/C31H33ClN4O3/c32-28-7-2-1-6-26(28)27-21-25-5-3-4-14-36(25)29(27)30(37)31(38)33-22-8-10-23(11-9-22)34-15-12-24(13-16-34)35-17-19-39-20-18-35/h1-11,14,21,24,27,29H,12-13,15-20H2,(H,33,38). The maximum absolute atomic E-state index is 13.6. The van der Waals surface area contributed by atoms with Gasteiger partial charge in [-0.15, -0.1) is 0 Å². The maximum Gasteiger partial charge on any atom is 0.294 e. The van der Waals surface area contributed by atoms with Gasteiger partial charge in [-0.05, 0) is 60.9 Å². The summed E-state index contributed by atoms with van der Waals surface area (Å²) in [7, 11) is 0. The maximum atomic E-state index is 13.6. The Bertz CT molecular complexity index is 1310. The van der Waals surface area contributed by atoms with Gasteiger partial charge < -0.3 is 19.9 Å². The molecule has 2 aromatic rings. The van der Waals surface area contributed by atoms with E-state index in [2.05, 4.69) is 15.1 Å². The molecule has 2 saturated heterocycles. The fourth-order valence-corrected chi connectivity index (χ4v) is 6.38. The lowest BCUT2D eigenvalue weighted by molar-refractivity contribution is -0.137. The number of carbonyl (C=O) groups excluding carboxylic acids is 2. The van der Waals surface area contributed by atoms with Crippen LogP contribution >= 0.6 is 11.6 Å². The van der Waals surface area contributed by atoms with Gasteiger partial charge in [0.15, 0.2) is 0 Å². The van der Waals surface area contributed by atoms with Gasteiger partial charge in [0.2, 0.25) is 5.78 Å². The Morgan fingerprint density at radius 1 is 0.923 bits per heavy atom. The molecule has 1 amide bonds. The number of rotatable bonds is 6. The number of piperidine rings is 1. The molecule has 0 spiro atoms. The van der Waals surface area contributed by atoms with Gasteiger partial charge in [-0.1, -0.05) is 42.0 Å². The molecular formula is C31H33ClN4O3. The summed E-state index contributed by atoms with van der Waals surface area (Å²) in [6.45, 7) is 5.73. The minimum Gasteiger partial charge on any atom is -0.379 e. The molecule has 4 heterocycles. The second-order valence-corrected chi connectivity index (χ2v) is 10.8. The van der Waals surface area contributed by atoms with Crippen molar-refractivity contribution in [3.05, 3.63) is 95.3 Å². The highest BCUT2D eigenvalue weighted by atomic mass is 35.5. The van der Waals surface area contributed by atoms with Crippen LogP contribution in [0.2, 0.25) is 5.02 Å². The molecule has 7 nitrogen and oxygen atoms in total. The molecule has 1 N–H and O–H groups in total. The number of ketones is 1. The van der Waals surface area contributed by atoms with Crippen LogP contribution in [0.15, 0.2) is 84.7 Å². The molecular weight excluding hydrogens is 512 g/mol. The number of halogens is 1. The van der Waals surface area contributed by atoms with Crippen molar-refractivity contribution >= 4 is 34.7 Å². The van der Waals surface area contributed by atoms with Crippen molar-refractivity contribution in [2.45, 2.75) is 30.8 Å². The number of amides is 1. The third kappa shape index (κ3) is 5.39. The number of benzene rings is 2. The molecule has 4 aliphatic heterocycles. The van der Waals surface area contributed by atoms with E-state index in [0.29, 0.717) is 16.8 Å². The lowest BCUT2D eigenvalue weighted by Gasteiger charge is -2.40. The zero-order valence-corrected chi connectivity index (χ0v) is 22.6. The molecule has 0 aliphatic carbocycles. The summed E-state index contributed by atoms with van der Waals surface area (Å²) in [4.78, 5) is 33.6. The summed E-state index contributed by atoms with van der Waals surface area (Å²) in [5, 5.41) is 3.41. The molecule has 2 aromatic carbocycles. The summed E-state index contributed by atoms with van der Waals surface area (Å²) in [5.41, 5.74) is 3.45. The monoisotopic (exact) mass is 544 g/mol. The van der Waals surface area contributed by atoms with E-state index in [1.54, 1.807) is 0 Å². The van der Waals surface area contributed by atoms with Gasteiger partial charge in [0.25, 0.3) is 5.91 Å². The van der Waals surface area contributed by atoms with Crippen molar-refractivity contribution in [1.29, 1.82) is 0 Å². The zero-order valence-electron chi connectivity index (χ0n) is 21.8. The van der Waals surface area contributed by atoms with Gasteiger partial charge in [-0.3, -0.25) is 14.5 Å². The van der Waals surface area contributed by atoms with Crippen LogP contribution in [0.25, 0.3) is 0 Å². The Morgan fingerprint density at radius 2 is 1.67 bits per heavy atom. The molecule has 2 unspecified atom stereocenters. The largest absolute Gasteiger partial charge is 0.379 e. The first-order chi connectivity index (χ1) is 19.1. The number of anilines is 2. The molecule has 39 heavy (non-hydrogen) atoms. The number of nitrogens with zero attached hydrogens (tertiary/aromatic N) is 3. The Morgan fingerprint density at radius 3 is 2.41 bits per heavy atom. The average molecular weight is 545 g/mol. The number of fused-ring (bicyclic) bond motifs is 1. The van der Waals surface area contributed by atoms with E-state index in [9.17, 15) is 9.59 Å². The highest BCUT2D eigenvalue weighted by Crippen LogP contribution is 2.40. The smallest absolute Gasteiger partial charge is 0.294 e. The van der Waals surface area contributed by atoms with E-state index in [1.807, 2.05) is 83.9 Å². The number of morpholine rings is 1. The molecule has 0 radical (unpaired) electrons. The highest BCUT2D eigenvalue weighted by Gasteiger charge is 2.42. The van der Waals surface area contributed by atoms with Crippen molar-refractivity contribution in [2.75, 3.05) is 49.6 Å². The van der Waals surface area contributed by atoms with Crippen molar-refractivity contribution in [1.82, 2.24) is 9.80 Å². The molecule has 2 fully saturated rings. The Hall–Kier alpha value is -3.39. The van der Waals surface area contributed by atoms with Crippen molar-refractivity contribution in [2.24, 2.45) is 0 Å². The third-order valence-electron chi connectivity index (χ3n) is 8.19. The van der Waals surface area contributed by atoms with E-state index in [-0.39, 0.29) is 5.92 Å². The summed E-state index contributed by atoms with van der Waals surface area (Å²) in [6.07, 6.45) is 11.9. The topological polar surface area (TPSA) is 65.1 Å². The first-order valence-electron chi connectivity index (χ1n) is 13.7. The van der Waals surface area contributed by atoms with E-state index in [4.69, 9.17) is 16.3 Å². The summed E-state index contributed by atoms with van der Waals surface area (Å²) in [5.74, 6) is -1.46. The molecule has 6 rings (SSSR count). The van der Waals surface area contributed by atoms with Crippen LogP contribution in [0.4, 0.5) is 11.4 Å². The second kappa shape index (κ2) is 11.4. The Kier molecular flexibility index (Phi) is 7.55. The third-order valence-corrected chi connectivity index (χ3v) is 8.53. The number of Topliss-reactive ketones (excluding diaryl/α,β-unsaturated/α-hetero) is 1. The van der Waals surface area contributed by atoms with Crippen LogP contribution in [0.3, 0.4) is 0 Å². The SMILES string of the molecule is O=C(Nc1ccc(N2CCC(N3CCOCC3)CC2)cc1)C(=O)C1C(c2ccccc2Cl)C=C2C=CC=CN21. The first kappa shape index (κ1) is 25.9. The van der Waals surface area contributed by atoms with Crippen LogP contribution < -0.4 is 10.2 Å². The number of allylic oxidation sites excluding steroid dienone is 3. The summed E-state index contributed by atoms with van der Waals surface area (Å²) < 4.78 is 5.50. The van der Waals surface area contributed by atoms with E-state index < -0.39 is 17.7 Å². The highest BCUT2D eigenvalue weighted by molar-refractivity contribution is 6.43. The lowest BCUT2D eigenvalue weighted by atomic mass is 9.90. The Labute approximate surface area is 234 Å². The Balaban J connectivity index is 1.10. The van der Waals surface area contributed by atoms with E-state index >= 15 is 0 Å².